The topological polar surface area (TPSA) is 98.5 Å². The molecule has 0 aliphatic heterocycles. The normalized spacial score (nSPS) is 11.8. The van der Waals surface area contributed by atoms with Gasteiger partial charge in [0, 0.05) is 31.9 Å². The van der Waals surface area contributed by atoms with Gasteiger partial charge < -0.3 is 4.74 Å². The van der Waals surface area contributed by atoms with E-state index in [4.69, 9.17) is 4.74 Å². The molecule has 0 atom stereocenters. The zero-order chi connectivity index (χ0) is 15.9. The maximum Gasteiger partial charge on any atom is 0.269 e. The predicted molar refractivity (Wildman–Crippen MR) is 78.6 cm³/mol. The summed E-state index contributed by atoms with van der Waals surface area (Å²) in [5.41, 5.74) is -0.143. The summed E-state index contributed by atoms with van der Waals surface area (Å²) < 4.78 is 31.6. The Labute approximate surface area is 124 Å². The van der Waals surface area contributed by atoms with Crippen molar-refractivity contribution in [2.24, 2.45) is 5.92 Å². The van der Waals surface area contributed by atoms with Gasteiger partial charge in [0.05, 0.1) is 9.82 Å². The van der Waals surface area contributed by atoms with E-state index in [1.807, 2.05) is 13.8 Å². The highest BCUT2D eigenvalue weighted by Crippen LogP contribution is 2.15. The fourth-order valence-corrected chi connectivity index (χ4v) is 2.60. The van der Waals surface area contributed by atoms with Crippen LogP contribution in [0.5, 0.6) is 0 Å². The van der Waals surface area contributed by atoms with Crippen molar-refractivity contribution in [2.45, 2.75) is 25.2 Å². The molecule has 1 N–H and O–H groups in total. The molecule has 0 amide bonds. The number of hydrogen-bond donors (Lipinski definition) is 1. The van der Waals surface area contributed by atoms with E-state index >= 15 is 0 Å². The smallest absolute Gasteiger partial charge is 0.269 e. The lowest BCUT2D eigenvalue weighted by molar-refractivity contribution is -0.384. The van der Waals surface area contributed by atoms with Crippen LogP contribution in [0, 0.1) is 16.0 Å². The summed E-state index contributed by atoms with van der Waals surface area (Å²) in [4.78, 5) is 9.95. The maximum absolute atomic E-state index is 11.9. The number of nitrogens with one attached hydrogen (secondary N) is 1. The number of nitro benzene ring substituents is 1. The van der Waals surface area contributed by atoms with Gasteiger partial charge in [0.1, 0.15) is 0 Å². The Morgan fingerprint density at radius 1 is 1.29 bits per heavy atom. The molecule has 0 aromatic heterocycles. The van der Waals surface area contributed by atoms with Gasteiger partial charge >= 0.3 is 0 Å². The Kier molecular flexibility index (Phi) is 6.73. The molecule has 118 valence electrons. The molecule has 0 aliphatic rings. The Morgan fingerprint density at radius 2 is 1.90 bits per heavy atom. The molecule has 0 aliphatic carbocycles. The number of non-ortho nitro benzene ring substituents is 1. The first-order valence-electron chi connectivity index (χ1n) is 6.65. The van der Waals surface area contributed by atoms with Crippen molar-refractivity contribution in [1.82, 2.24) is 4.72 Å². The Hall–Kier alpha value is -1.51. The lowest BCUT2D eigenvalue weighted by Gasteiger charge is -2.08. The first-order valence-corrected chi connectivity index (χ1v) is 8.13. The second-order valence-corrected chi connectivity index (χ2v) is 6.74. The van der Waals surface area contributed by atoms with Crippen LogP contribution < -0.4 is 4.72 Å². The average molecular weight is 316 g/mol. The monoisotopic (exact) mass is 316 g/mol. The summed E-state index contributed by atoms with van der Waals surface area (Å²) in [5.74, 6) is 0.446. The van der Waals surface area contributed by atoms with E-state index in [0.29, 0.717) is 25.6 Å². The van der Waals surface area contributed by atoms with Crippen molar-refractivity contribution >= 4 is 15.7 Å². The molecule has 8 heteroatoms. The SMILES string of the molecule is CC(C)COCCCNS(=O)(=O)c1ccc([N+](=O)[O-])cc1. The predicted octanol–water partition coefficient (Wildman–Crippen LogP) is 1.94. The average Bonchev–Trinajstić information content (AvgIpc) is 2.42. The van der Waals surface area contributed by atoms with Crippen LogP contribution in [0.15, 0.2) is 29.2 Å². The molecule has 21 heavy (non-hydrogen) atoms. The number of rotatable bonds is 9. The molecule has 7 nitrogen and oxygen atoms in total. The number of nitrogens with zero attached hydrogens (tertiary/aromatic N) is 1. The molecule has 0 bridgehead atoms. The molecular weight excluding hydrogens is 296 g/mol. The summed E-state index contributed by atoms with van der Waals surface area (Å²) in [6.07, 6.45) is 0.568. The van der Waals surface area contributed by atoms with Crippen molar-refractivity contribution in [3.05, 3.63) is 34.4 Å². The zero-order valence-corrected chi connectivity index (χ0v) is 12.9. The number of ether oxygens (including phenoxy) is 1. The molecule has 0 spiro atoms. The Morgan fingerprint density at radius 3 is 2.43 bits per heavy atom. The van der Waals surface area contributed by atoms with Crippen molar-refractivity contribution < 1.29 is 18.1 Å². The second kappa shape index (κ2) is 8.06. The number of nitro groups is 1. The number of hydrogen-bond acceptors (Lipinski definition) is 5. The van der Waals surface area contributed by atoms with E-state index in [1.54, 1.807) is 0 Å². The molecule has 1 aromatic carbocycles. The van der Waals surface area contributed by atoms with Crippen molar-refractivity contribution in [3.8, 4) is 0 Å². The summed E-state index contributed by atoms with van der Waals surface area (Å²) in [5, 5.41) is 10.5. The minimum atomic E-state index is -3.63. The molecule has 0 heterocycles. The van der Waals surface area contributed by atoms with Gasteiger partial charge in [0.2, 0.25) is 10.0 Å². The van der Waals surface area contributed by atoms with Gasteiger partial charge in [-0.05, 0) is 24.5 Å². The fourth-order valence-electron chi connectivity index (χ4n) is 1.53. The van der Waals surface area contributed by atoms with Crippen molar-refractivity contribution in [2.75, 3.05) is 19.8 Å². The molecule has 0 unspecified atom stereocenters. The van der Waals surface area contributed by atoms with Crippen LogP contribution in [0.3, 0.4) is 0 Å². The van der Waals surface area contributed by atoms with E-state index < -0.39 is 14.9 Å². The summed E-state index contributed by atoms with van der Waals surface area (Å²) >= 11 is 0. The van der Waals surface area contributed by atoms with Crippen LogP contribution in [0.2, 0.25) is 0 Å². The van der Waals surface area contributed by atoms with Gasteiger partial charge in [-0.1, -0.05) is 13.8 Å². The quantitative estimate of drug-likeness (QED) is 0.426. The van der Waals surface area contributed by atoms with Crippen LogP contribution in [-0.4, -0.2) is 33.1 Å². The third-order valence-corrected chi connectivity index (χ3v) is 4.04. The van der Waals surface area contributed by atoms with E-state index in [-0.39, 0.29) is 17.1 Å². The molecule has 0 fully saturated rings. The van der Waals surface area contributed by atoms with Crippen LogP contribution in [-0.2, 0) is 14.8 Å². The Bertz CT molecular complexity index is 554. The molecule has 0 saturated carbocycles. The van der Waals surface area contributed by atoms with Gasteiger partial charge in [0.25, 0.3) is 5.69 Å². The minimum absolute atomic E-state index is 0.0104. The van der Waals surface area contributed by atoms with Gasteiger partial charge in [-0.2, -0.15) is 0 Å². The molecule has 0 radical (unpaired) electrons. The number of sulfonamides is 1. The highest BCUT2D eigenvalue weighted by Gasteiger charge is 2.15. The van der Waals surface area contributed by atoms with Crippen LogP contribution >= 0.6 is 0 Å². The lowest BCUT2D eigenvalue weighted by Crippen LogP contribution is -2.25. The number of benzene rings is 1. The first kappa shape index (κ1) is 17.5. The third-order valence-electron chi connectivity index (χ3n) is 2.57. The van der Waals surface area contributed by atoms with E-state index in [2.05, 4.69) is 4.72 Å². The van der Waals surface area contributed by atoms with Gasteiger partial charge in [0.15, 0.2) is 0 Å². The molecule has 0 saturated heterocycles. The van der Waals surface area contributed by atoms with E-state index in [1.165, 1.54) is 24.3 Å². The molecule has 1 aromatic rings. The maximum atomic E-state index is 11.9. The Balaban J connectivity index is 2.44. The second-order valence-electron chi connectivity index (χ2n) is 4.97. The highest BCUT2D eigenvalue weighted by molar-refractivity contribution is 7.89. The van der Waals surface area contributed by atoms with Crippen LogP contribution in [0.1, 0.15) is 20.3 Å². The van der Waals surface area contributed by atoms with Gasteiger partial charge in [-0.3, -0.25) is 10.1 Å². The van der Waals surface area contributed by atoms with E-state index in [9.17, 15) is 18.5 Å². The lowest BCUT2D eigenvalue weighted by atomic mass is 10.2. The summed E-state index contributed by atoms with van der Waals surface area (Å²) in [6, 6.07) is 4.77. The van der Waals surface area contributed by atoms with Crippen molar-refractivity contribution in [3.63, 3.8) is 0 Å². The molecule has 1 rings (SSSR count). The first-order chi connectivity index (χ1) is 9.83. The minimum Gasteiger partial charge on any atom is -0.381 e. The summed E-state index contributed by atoms with van der Waals surface area (Å²) in [7, 11) is -3.63. The summed E-state index contributed by atoms with van der Waals surface area (Å²) in [6.45, 7) is 5.47. The van der Waals surface area contributed by atoms with Gasteiger partial charge in [-0.15, -0.1) is 0 Å². The fraction of sp³-hybridized carbons (Fsp3) is 0.538. The largest absolute Gasteiger partial charge is 0.381 e. The molecular formula is C13H20N2O5S. The zero-order valence-electron chi connectivity index (χ0n) is 12.1. The van der Waals surface area contributed by atoms with Crippen LogP contribution in [0.25, 0.3) is 0 Å². The van der Waals surface area contributed by atoms with E-state index in [0.717, 1.165) is 0 Å². The highest BCUT2D eigenvalue weighted by atomic mass is 32.2. The van der Waals surface area contributed by atoms with Gasteiger partial charge in [-0.25, -0.2) is 13.1 Å². The third kappa shape index (κ3) is 6.19. The van der Waals surface area contributed by atoms with Crippen LogP contribution in [0.4, 0.5) is 5.69 Å². The van der Waals surface area contributed by atoms with Crippen molar-refractivity contribution in [1.29, 1.82) is 0 Å². The standard InChI is InChI=1S/C13H20N2O5S/c1-11(2)10-20-9-3-8-14-21(18,19)13-6-4-12(5-7-13)15(16)17/h4-7,11,14H,3,8-10H2,1-2H3.